The maximum Gasteiger partial charge on any atom is 0.214 e. The average molecular weight is 290 g/mol. The Morgan fingerprint density at radius 1 is 1.11 bits per heavy atom. The molecule has 19 heavy (non-hydrogen) atoms. The Labute approximate surface area is 116 Å². The number of piperidine rings is 1. The second-order valence-electron chi connectivity index (χ2n) is 5.82. The normalized spacial score (nSPS) is 26.9. The molecule has 2 rings (SSSR count). The van der Waals surface area contributed by atoms with Gasteiger partial charge in [0.15, 0.2) is 0 Å². The SMILES string of the molecule is O=S(=O)(CCC1CCNCC1)N1CCC(CCO)C1. The molecular weight excluding hydrogens is 264 g/mol. The molecule has 2 saturated heterocycles. The van der Waals surface area contributed by atoms with Crippen molar-refractivity contribution in [2.24, 2.45) is 11.8 Å². The minimum absolute atomic E-state index is 0.160. The fraction of sp³-hybridized carbons (Fsp3) is 1.00. The molecule has 0 aromatic heterocycles. The van der Waals surface area contributed by atoms with Crippen LogP contribution in [0, 0.1) is 11.8 Å². The first-order valence-electron chi connectivity index (χ1n) is 7.41. The molecule has 2 heterocycles. The van der Waals surface area contributed by atoms with E-state index in [1.54, 1.807) is 4.31 Å². The first-order valence-corrected chi connectivity index (χ1v) is 9.02. The molecule has 0 spiro atoms. The molecule has 2 fully saturated rings. The molecule has 1 unspecified atom stereocenters. The van der Waals surface area contributed by atoms with Crippen LogP contribution in [0.2, 0.25) is 0 Å². The highest BCUT2D eigenvalue weighted by Crippen LogP contribution is 2.24. The van der Waals surface area contributed by atoms with E-state index in [2.05, 4.69) is 5.32 Å². The van der Waals surface area contributed by atoms with E-state index < -0.39 is 10.0 Å². The molecule has 0 saturated carbocycles. The zero-order chi connectivity index (χ0) is 13.7. The summed E-state index contributed by atoms with van der Waals surface area (Å²) in [6.45, 7) is 3.45. The largest absolute Gasteiger partial charge is 0.396 e. The van der Waals surface area contributed by atoms with Crippen molar-refractivity contribution in [3.05, 3.63) is 0 Å². The van der Waals surface area contributed by atoms with Gasteiger partial charge >= 0.3 is 0 Å². The number of rotatable bonds is 6. The first kappa shape index (κ1) is 15.2. The summed E-state index contributed by atoms with van der Waals surface area (Å²) < 4.78 is 26.2. The van der Waals surface area contributed by atoms with E-state index in [1.165, 1.54) is 0 Å². The van der Waals surface area contributed by atoms with Crippen molar-refractivity contribution in [3.8, 4) is 0 Å². The molecule has 2 aliphatic heterocycles. The van der Waals surface area contributed by atoms with Gasteiger partial charge in [0.2, 0.25) is 10.0 Å². The fourth-order valence-corrected chi connectivity index (χ4v) is 4.79. The van der Waals surface area contributed by atoms with Crippen LogP contribution >= 0.6 is 0 Å². The molecule has 0 aromatic carbocycles. The van der Waals surface area contributed by atoms with Gasteiger partial charge in [0.25, 0.3) is 0 Å². The van der Waals surface area contributed by atoms with E-state index in [9.17, 15) is 8.42 Å². The number of aliphatic hydroxyl groups is 1. The molecule has 2 aliphatic rings. The predicted molar refractivity (Wildman–Crippen MR) is 75.4 cm³/mol. The lowest BCUT2D eigenvalue weighted by molar-refractivity contribution is 0.259. The molecule has 0 amide bonds. The van der Waals surface area contributed by atoms with Gasteiger partial charge in [0.1, 0.15) is 0 Å². The van der Waals surface area contributed by atoms with Gasteiger partial charge in [-0.15, -0.1) is 0 Å². The van der Waals surface area contributed by atoms with Gasteiger partial charge < -0.3 is 10.4 Å². The van der Waals surface area contributed by atoms with Crippen LogP contribution in [0.5, 0.6) is 0 Å². The Morgan fingerprint density at radius 2 is 1.84 bits per heavy atom. The summed E-state index contributed by atoms with van der Waals surface area (Å²) >= 11 is 0. The van der Waals surface area contributed by atoms with Crippen LogP contribution in [-0.2, 0) is 10.0 Å². The smallest absolute Gasteiger partial charge is 0.214 e. The number of hydrogen-bond donors (Lipinski definition) is 2. The summed E-state index contributed by atoms with van der Waals surface area (Å²) in [4.78, 5) is 0. The second kappa shape index (κ2) is 7.02. The molecule has 112 valence electrons. The van der Waals surface area contributed by atoms with Gasteiger partial charge in [-0.05, 0) is 57.0 Å². The van der Waals surface area contributed by atoms with Gasteiger partial charge in [0, 0.05) is 19.7 Å². The summed E-state index contributed by atoms with van der Waals surface area (Å²) in [6, 6.07) is 0. The molecule has 1 atom stereocenters. The lowest BCUT2D eigenvalue weighted by atomic mass is 9.96. The maximum atomic E-state index is 12.3. The average Bonchev–Trinajstić information content (AvgIpc) is 2.88. The summed E-state index contributed by atoms with van der Waals surface area (Å²) in [5.41, 5.74) is 0. The molecule has 6 heteroatoms. The van der Waals surface area contributed by atoms with Crippen LogP contribution in [0.25, 0.3) is 0 Å². The predicted octanol–water partition coefficient (Wildman–Crippen LogP) is 0.410. The monoisotopic (exact) mass is 290 g/mol. The van der Waals surface area contributed by atoms with Crippen molar-refractivity contribution in [2.45, 2.75) is 32.1 Å². The zero-order valence-electron chi connectivity index (χ0n) is 11.6. The summed E-state index contributed by atoms with van der Waals surface area (Å²) in [5.74, 6) is 1.20. The molecule has 5 nitrogen and oxygen atoms in total. The lowest BCUT2D eigenvalue weighted by Crippen LogP contribution is -2.33. The van der Waals surface area contributed by atoms with Crippen molar-refractivity contribution in [1.82, 2.24) is 9.62 Å². The van der Waals surface area contributed by atoms with E-state index in [0.717, 1.165) is 45.2 Å². The highest BCUT2D eigenvalue weighted by Gasteiger charge is 2.31. The molecule has 0 aliphatic carbocycles. The second-order valence-corrected chi connectivity index (χ2v) is 7.91. The molecule has 2 N–H and O–H groups in total. The Balaban J connectivity index is 1.78. The highest BCUT2D eigenvalue weighted by molar-refractivity contribution is 7.89. The highest BCUT2D eigenvalue weighted by atomic mass is 32.2. The van der Waals surface area contributed by atoms with Gasteiger partial charge in [-0.2, -0.15) is 0 Å². The van der Waals surface area contributed by atoms with Gasteiger partial charge in [-0.25, -0.2) is 12.7 Å². The zero-order valence-corrected chi connectivity index (χ0v) is 12.4. The number of nitrogens with zero attached hydrogens (tertiary/aromatic N) is 1. The summed E-state index contributed by atoms with van der Waals surface area (Å²) in [7, 11) is -3.08. The Hall–Kier alpha value is -0.170. The number of hydrogen-bond acceptors (Lipinski definition) is 4. The third-order valence-corrected chi connectivity index (χ3v) is 6.29. The van der Waals surface area contributed by atoms with Gasteiger partial charge in [-0.1, -0.05) is 0 Å². The maximum absolute atomic E-state index is 12.3. The van der Waals surface area contributed by atoms with Crippen molar-refractivity contribution < 1.29 is 13.5 Å². The first-order chi connectivity index (χ1) is 9.12. The Morgan fingerprint density at radius 3 is 2.53 bits per heavy atom. The quantitative estimate of drug-likeness (QED) is 0.743. The molecular formula is C13H26N2O3S. The van der Waals surface area contributed by atoms with Crippen LogP contribution in [-0.4, -0.2) is 56.4 Å². The number of nitrogens with one attached hydrogen (secondary N) is 1. The van der Waals surface area contributed by atoms with Crippen LogP contribution in [0.4, 0.5) is 0 Å². The molecule has 0 radical (unpaired) electrons. The van der Waals surface area contributed by atoms with Gasteiger partial charge in [-0.3, -0.25) is 0 Å². The van der Waals surface area contributed by atoms with Crippen LogP contribution in [0.15, 0.2) is 0 Å². The van der Waals surface area contributed by atoms with E-state index in [4.69, 9.17) is 5.11 Å². The third kappa shape index (κ3) is 4.41. The van der Waals surface area contributed by atoms with Crippen LogP contribution in [0.3, 0.4) is 0 Å². The number of sulfonamides is 1. The van der Waals surface area contributed by atoms with Crippen molar-refractivity contribution in [2.75, 3.05) is 38.5 Å². The minimum atomic E-state index is -3.08. The van der Waals surface area contributed by atoms with Crippen LogP contribution in [0.1, 0.15) is 32.1 Å². The fourth-order valence-electron chi connectivity index (χ4n) is 3.08. The number of aliphatic hydroxyl groups excluding tert-OH is 1. The van der Waals surface area contributed by atoms with E-state index in [-0.39, 0.29) is 6.61 Å². The summed E-state index contributed by atoms with van der Waals surface area (Å²) in [6.07, 6.45) is 4.62. The minimum Gasteiger partial charge on any atom is -0.396 e. The third-order valence-electron chi connectivity index (χ3n) is 4.42. The van der Waals surface area contributed by atoms with Crippen molar-refractivity contribution in [3.63, 3.8) is 0 Å². The topological polar surface area (TPSA) is 69.6 Å². The lowest BCUT2D eigenvalue weighted by Gasteiger charge is -2.23. The molecule has 0 aromatic rings. The van der Waals surface area contributed by atoms with Crippen LogP contribution < -0.4 is 5.32 Å². The van der Waals surface area contributed by atoms with Gasteiger partial charge in [0.05, 0.1) is 5.75 Å². The standard InChI is InChI=1S/C13H26N2O3S/c16-9-4-13-3-8-15(11-13)19(17,18)10-5-12-1-6-14-7-2-12/h12-14,16H,1-11H2. The summed E-state index contributed by atoms with van der Waals surface area (Å²) in [5, 5.41) is 12.2. The van der Waals surface area contributed by atoms with E-state index in [0.29, 0.717) is 30.7 Å². The Kier molecular flexibility index (Phi) is 5.62. The van der Waals surface area contributed by atoms with E-state index >= 15 is 0 Å². The Bertz CT molecular complexity index is 366. The van der Waals surface area contributed by atoms with Crippen molar-refractivity contribution in [1.29, 1.82) is 0 Å². The van der Waals surface area contributed by atoms with Crippen molar-refractivity contribution >= 4 is 10.0 Å². The van der Waals surface area contributed by atoms with E-state index in [1.807, 2.05) is 0 Å². The molecule has 0 bridgehead atoms.